The van der Waals surface area contributed by atoms with E-state index in [1.165, 1.54) is 0 Å². The van der Waals surface area contributed by atoms with Crippen LogP contribution in [-0.2, 0) is 30.3 Å². The van der Waals surface area contributed by atoms with E-state index in [1.807, 2.05) is 0 Å². The number of hydrogen-bond donors (Lipinski definition) is 2. The van der Waals surface area contributed by atoms with E-state index in [0.29, 0.717) is 19.5 Å². The number of carbonyl (C=O) groups is 4. The molecule has 0 spiro atoms. The van der Waals surface area contributed by atoms with Crippen LogP contribution in [0.2, 0.25) is 0 Å². The summed E-state index contributed by atoms with van der Waals surface area (Å²) in [6.07, 6.45) is 2.59. The molecule has 2 unspecified atom stereocenters. The van der Waals surface area contributed by atoms with Crippen LogP contribution in [0, 0.1) is 0 Å². The van der Waals surface area contributed by atoms with Crippen molar-refractivity contribution in [3.8, 4) is 0 Å². The minimum Gasteiger partial charge on any atom is -0.614 e. The smallest absolute Gasteiger partial charge is 0.410 e. The van der Waals surface area contributed by atoms with Crippen molar-refractivity contribution >= 4 is 35.6 Å². The number of amides is 3. The van der Waals surface area contributed by atoms with Gasteiger partial charge in [0, 0.05) is 18.7 Å². The third-order valence-electron chi connectivity index (χ3n) is 4.64. The molecule has 0 saturated carbocycles. The van der Waals surface area contributed by atoms with E-state index in [9.17, 15) is 28.8 Å². The molecule has 3 aliphatic rings. The lowest BCUT2D eigenvalue weighted by molar-refractivity contribution is -0.150. The SMILES string of the molecule is O=CNC1C(=O)N2C(C(=O)O)=C(COC(=O)N3CCCCC3)C[S+]([O-])[C@H]12. The average Bonchev–Trinajstić information content (AvgIpc) is 2.64. The van der Waals surface area contributed by atoms with Gasteiger partial charge in [0.2, 0.25) is 11.8 Å². The molecule has 10 nitrogen and oxygen atoms in total. The summed E-state index contributed by atoms with van der Waals surface area (Å²) >= 11 is -1.61. The predicted octanol–water partition coefficient (Wildman–Crippen LogP) is -1.01. The Hall–Kier alpha value is -2.27. The van der Waals surface area contributed by atoms with Crippen LogP contribution in [0.4, 0.5) is 4.79 Å². The zero-order valence-electron chi connectivity index (χ0n) is 13.9. The molecular formula is C15H19N3O7S. The minimum absolute atomic E-state index is 0.121. The lowest BCUT2D eigenvalue weighted by atomic mass is 10.0. The molecule has 0 aliphatic carbocycles. The largest absolute Gasteiger partial charge is 0.614 e. The summed E-state index contributed by atoms with van der Waals surface area (Å²) in [5, 5.41) is 10.8. The minimum atomic E-state index is -1.61. The van der Waals surface area contributed by atoms with Crippen LogP contribution in [0.25, 0.3) is 0 Å². The zero-order chi connectivity index (χ0) is 18.8. The summed E-state index contributed by atoms with van der Waals surface area (Å²) in [6.45, 7) is 0.827. The highest BCUT2D eigenvalue weighted by Crippen LogP contribution is 2.36. The lowest BCUT2D eigenvalue weighted by Gasteiger charge is -2.48. The number of nitrogens with one attached hydrogen (secondary N) is 1. The van der Waals surface area contributed by atoms with Crippen LogP contribution in [0.3, 0.4) is 0 Å². The number of fused-ring (bicyclic) bond motifs is 1. The van der Waals surface area contributed by atoms with Crippen molar-refractivity contribution in [3.05, 3.63) is 11.3 Å². The van der Waals surface area contributed by atoms with Gasteiger partial charge in [-0.1, -0.05) is 0 Å². The molecular weight excluding hydrogens is 366 g/mol. The topological polar surface area (TPSA) is 139 Å². The molecule has 3 aliphatic heterocycles. The fourth-order valence-electron chi connectivity index (χ4n) is 3.37. The van der Waals surface area contributed by atoms with E-state index in [0.717, 1.165) is 24.2 Å². The summed E-state index contributed by atoms with van der Waals surface area (Å²) in [6, 6.07) is -1.000. The molecule has 0 aromatic carbocycles. The lowest BCUT2D eigenvalue weighted by Crippen LogP contribution is -2.74. The molecule has 2 saturated heterocycles. The van der Waals surface area contributed by atoms with E-state index in [4.69, 9.17) is 4.74 Å². The Morgan fingerprint density at radius 1 is 1.35 bits per heavy atom. The van der Waals surface area contributed by atoms with Gasteiger partial charge in [0.25, 0.3) is 5.91 Å². The molecule has 0 aromatic heterocycles. The monoisotopic (exact) mass is 385 g/mol. The number of β-lactam (4-membered cyclic amide) rings is 1. The van der Waals surface area contributed by atoms with Crippen molar-refractivity contribution in [3.63, 3.8) is 0 Å². The first-order chi connectivity index (χ1) is 12.5. The van der Waals surface area contributed by atoms with Gasteiger partial charge < -0.3 is 24.6 Å². The Labute approximate surface area is 152 Å². The second-order valence-corrected chi connectivity index (χ2v) is 7.78. The maximum absolute atomic E-state index is 12.4. The van der Waals surface area contributed by atoms with Crippen LogP contribution >= 0.6 is 0 Å². The molecule has 3 amide bonds. The summed E-state index contributed by atoms with van der Waals surface area (Å²) in [4.78, 5) is 48.9. The maximum Gasteiger partial charge on any atom is 0.410 e. The van der Waals surface area contributed by atoms with Crippen molar-refractivity contribution in [2.75, 3.05) is 25.4 Å². The molecule has 3 atom stereocenters. The number of likely N-dealkylation sites (tertiary alicyclic amines) is 1. The average molecular weight is 385 g/mol. The van der Waals surface area contributed by atoms with Gasteiger partial charge in [-0.05, 0) is 30.4 Å². The van der Waals surface area contributed by atoms with Crippen LogP contribution in [0.1, 0.15) is 19.3 Å². The van der Waals surface area contributed by atoms with Crippen LogP contribution in [0.5, 0.6) is 0 Å². The zero-order valence-corrected chi connectivity index (χ0v) is 14.7. The summed E-state index contributed by atoms with van der Waals surface area (Å²) < 4.78 is 17.6. The van der Waals surface area contributed by atoms with Crippen LogP contribution < -0.4 is 5.32 Å². The molecule has 3 rings (SSSR count). The van der Waals surface area contributed by atoms with E-state index < -0.39 is 40.6 Å². The maximum atomic E-state index is 12.4. The molecule has 3 heterocycles. The molecule has 0 bridgehead atoms. The highest BCUT2D eigenvalue weighted by atomic mass is 32.2. The number of carboxylic acids is 1. The molecule has 11 heteroatoms. The first kappa shape index (κ1) is 18.5. The highest BCUT2D eigenvalue weighted by molar-refractivity contribution is 7.92. The first-order valence-electron chi connectivity index (χ1n) is 8.22. The Balaban J connectivity index is 1.74. The van der Waals surface area contributed by atoms with Crippen molar-refractivity contribution in [1.29, 1.82) is 0 Å². The van der Waals surface area contributed by atoms with Crippen LogP contribution in [0.15, 0.2) is 11.3 Å². The number of carboxylic acid groups (broad SMARTS) is 1. The Morgan fingerprint density at radius 3 is 2.65 bits per heavy atom. The standard InChI is InChI=1S/C15H19N3O7S/c19-8-16-10-12(20)18-11(14(21)22)9(7-26(24)13(10)18)6-25-15(23)17-4-2-1-3-5-17/h8,10,13H,1-7H2,(H,16,19)(H,21,22)/t10?,13-,26?/m1/s1. The number of ether oxygens (including phenoxy) is 1. The Bertz CT molecular complexity index is 662. The second-order valence-electron chi connectivity index (χ2n) is 6.25. The predicted molar refractivity (Wildman–Crippen MR) is 88.1 cm³/mol. The molecule has 2 fully saturated rings. The summed E-state index contributed by atoms with van der Waals surface area (Å²) in [5.41, 5.74) is -0.203. The van der Waals surface area contributed by atoms with E-state index >= 15 is 0 Å². The van der Waals surface area contributed by atoms with Gasteiger partial charge in [-0.15, -0.1) is 0 Å². The molecule has 26 heavy (non-hydrogen) atoms. The first-order valence-corrected chi connectivity index (χ1v) is 9.61. The number of nitrogens with zero attached hydrogens (tertiary/aromatic N) is 2. The van der Waals surface area contributed by atoms with Crippen molar-refractivity contribution < 1.29 is 33.6 Å². The Kier molecular flexibility index (Phi) is 5.37. The van der Waals surface area contributed by atoms with Gasteiger partial charge in [-0.25, -0.2) is 9.59 Å². The third-order valence-corrected chi connectivity index (χ3v) is 6.29. The number of piperidine rings is 1. The summed E-state index contributed by atoms with van der Waals surface area (Å²) in [7, 11) is 0. The van der Waals surface area contributed by atoms with Gasteiger partial charge >= 0.3 is 12.1 Å². The second kappa shape index (κ2) is 7.54. The number of carbonyl (C=O) groups excluding carboxylic acids is 3. The molecule has 142 valence electrons. The third kappa shape index (κ3) is 3.23. The summed E-state index contributed by atoms with van der Waals surface area (Å²) in [5.74, 6) is -2.15. The van der Waals surface area contributed by atoms with Gasteiger partial charge in [0.1, 0.15) is 18.1 Å². The number of rotatable bonds is 5. The van der Waals surface area contributed by atoms with E-state index in [-0.39, 0.29) is 23.6 Å². The van der Waals surface area contributed by atoms with Crippen molar-refractivity contribution in [2.24, 2.45) is 0 Å². The molecule has 0 radical (unpaired) electrons. The quantitative estimate of drug-likeness (QED) is 0.351. The van der Waals surface area contributed by atoms with Gasteiger partial charge in [-0.3, -0.25) is 14.5 Å². The highest BCUT2D eigenvalue weighted by Gasteiger charge is 2.60. The normalized spacial score (nSPS) is 28.2. The van der Waals surface area contributed by atoms with Gasteiger partial charge in [0.05, 0.1) is 0 Å². The number of hydrogen-bond acceptors (Lipinski definition) is 6. The van der Waals surface area contributed by atoms with Crippen molar-refractivity contribution in [2.45, 2.75) is 30.7 Å². The van der Waals surface area contributed by atoms with Crippen LogP contribution in [-0.4, -0.2) is 80.7 Å². The fourth-order valence-corrected chi connectivity index (χ4v) is 5.05. The number of aliphatic carboxylic acids is 1. The fraction of sp³-hybridized carbons (Fsp3) is 0.600. The molecule has 0 aromatic rings. The van der Waals surface area contributed by atoms with E-state index in [2.05, 4.69) is 5.32 Å². The molecule has 2 N–H and O–H groups in total. The Morgan fingerprint density at radius 2 is 2.04 bits per heavy atom. The van der Waals surface area contributed by atoms with E-state index in [1.54, 1.807) is 4.90 Å². The van der Waals surface area contributed by atoms with Gasteiger partial charge in [-0.2, -0.15) is 0 Å². The van der Waals surface area contributed by atoms with Gasteiger partial charge in [0.15, 0.2) is 6.04 Å². The van der Waals surface area contributed by atoms with Crippen molar-refractivity contribution in [1.82, 2.24) is 15.1 Å².